The Morgan fingerprint density at radius 1 is 0.405 bits per heavy atom. The maximum absolute atomic E-state index is 4.66. The zero-order valence-corrected chi connectivity index (χ0v) is 21.6. The summed E-state index contributed by atoms with van der Waals surface area (Å²) in [5.41, 5.74) is 7.75. The predicted octanol–water partition coefficient (Wildman–Crippen LogP) is 8.38. The number of benzene rings is 2. The van der Waals surface area contributed by atoms with Crippen molar-refractivity contribution in [1.82, 2.24) is 0 Å². The van der Waals surface area contributed by atoms with Gasteiger partial charge in [0.2, 0.25) is 0 Å². The third-order valence-corrected chi connectivity index (χ3v) is 8.20. The molecule has 0 unspecified atom stereocenters. The molecule has 0 bridgehead atoms. The van der Waals surface area contributed by atoms with Crippen molar-refractivity contribution in [1.29, 1.82) is 0 Å². The molecule has 0 atom stereocenters. The van der Waals surface area contributed by atoms with Gasteiger partial charge in [-0.2, -0.15) is 0 Å². The second-order valence-electron chi connectivity index (χ2n) is 8.47. The first kappa shape index (κ1) is 23.0. The van der Waals surface area contributed by atoms with E-state index in [1.54, 1.807) is 0 Å². The van der Waals surface area contributed by atoms with E-state index in [-0.39, 0.29) is 15.0 Å². The molecule has 0 N–H and O–H groups in total. The number of hydrogen-bond acceptors (Lipinski definition) is 4. The molecule has 0 fully saturated rings. The first-order valence-corrected chi connectivity index (χ1v) is 13.7. The molecule has 5 heteroatoms. The Morgan fingerprint density at radius 3 is 1.78 bits per heavy atom. The summed E-state index contributed by atoms with van der Waals surface area (Å²) in [6.45, 7) is 0. The van der Waals surface area contributed by atoms with Gasteiger partial charge in [0.1, 0.15) is 0 Å². The monoisotopic (exact) mass is 542 g/mol. The molecule has 0 aliphatic heterocycles. The van der Waals surface area contributed by atoms with Crippen LogP contribution >= 0.6 is 0 Å². The van der Waals surface area contributed by atoms with Crippen LogP contribution in [0.3, 0.4) is 0 Å². The van der Waals surface area contributed by atoms with Crippen molar-refractivity contribution in [3.8, 4) is 22.3 Å². The fraction of sp³-hybridized carbons (Fsp3) is 0. The molecule has 2 aromatic carbocycles. The van der Waals surface area contributed by atoms with E-state index in [9.17, 15) is 0 Å². The fourth-order valence-electron chi connectivity index (χ4n) is 4.17. The number of rotatable bonds is 6. The summed E-state index contributed by atoms with van der Waals surface area (Å²) in [5, 5.41) is 18.2. The molecule has 0 aromatic heterocycles. The summed E-state index contributed by atoms with van der Waals surface area (Å²) in [4.78, 5) is 0. The van der Waals surface area contributed by atoms with Crippen molar-refractivity contribution in [2.24, 2.45) is 20.5 Å². The molecule has 0 spiro atoms. The van der Waals surface area contributed by atoms with E-state index in [2.05, 4.69) is 99.3 Å². The number of hydrogen-bond donors (Lipinski definition) is 0. The van der Waals surface area contributed by atoms with Crippen molar-refractivity contribution < 1.29 is 0 Å². The van der Waals surface area contributed by atoms with E-state index < -0.39 is 0 Å². The zero-order valence-electron chi connectivity index (χ0n) is 19.9. The molecular formula is C32H22N4Se. The van der Waals surface area contributed by atoms with Crippen LogP contribution in [0.5, 0.6) is 0 Å². The Balaban J connectivity index is 1.27. The zero-order chi connectivity index (χ0) is 24.9. The molecule has 6 rings (SSSR count). The van der Waals surface area contributed by atoms with E-state index in [0.29, 0.717) is 0 Å². The van der Waals surface area contributed by atoms with E-state index in [0.717, 1.165) is 39.4 Å². The normalized spacial score (nSPS) is 11.7. The molecule has 4 aliphatic carbocycles. The first-order chi connectivity index (χ1) is 18.3. The average molecular weight is 542 g/mol. The van der Waals surface area contributed by atoms with Crippen LogP contribution in [0, 0.1) is 0 Å². The minimum atomic E-state index is 0.184. The van der Waals surface area contributed by atoms with Crippen LogP contribution in [0.15, 0.2) is 154 Å². The predicted molar refractivity (Wildman–Crippen MR) is 152 cm³/mol. The molecule has 4 nitrogen and oxygen atoms in total. The van der Waals surface area contributed by atoms with Crippen LogP contribution < -0.4 is 8.92 Å². The SMILES string of the molecule is c1ccc([Se]c2cc(N=Nc3cccc(N=Nc4ccc5cccccc4-5)c3)c3cccccc2-3)cc1. The number of fused-ring (bicyclic) bond motifs is 2. The molecular weight excluding hydrogens is 519 g/mol. The van der Waals surface area contributed by atoms with Gasteiger partial charge >= 0.3 is 181 Å². The van der Waals surface area contributed by atoms with Crippen LogP contribution in [0.4, 0.5) is 22.7 Å². The Labute approximate surface area is 222 Å². The Kier molecular flexibility index (Phi) is 6.63. The van der Waals surface area contributed by atoms with Crippen molar-refractivity contribution in [3.63, 3.8) is 0 Å². The van der Waals surface area contributed by atoms with Crippen LogP contribution in [0.1, 0.15) is 0 Å². The maximum atomic E-state index is 4.66. The Hall–Kier alpha value is -4.44. The summed E-state index contributed by atoms with van der Waals surface area (Å²) in [6.07, 6.45) is 0. The molecule has 176 valence electrons. The topological polar surface area (TPSA) is 49.4 Å². The van der Waals surface area contributed by atoms with E-state index in [4.69, 9.17) is 0 Å². The summed E-state index contributed by atoms with van der Waals surface area (Å²) in [6, 6.07) is 45.2. The van der Waals surface area contributed by atoms with Crippen molar-refractivity contribution >= 4 is 46.6 Å². The van der Waals surface area contributed by atoms with E-state index in [1.807, 2.05) is 54.6 Å². The van der Waals surface area contributed by atoms with Gasteiger partial charge < -0.3 is 0 Å². The van der Waals surface area contributed by atoms with Crippen molar-refractivity contribution in [2.75, 3.05) is 0 Å². The molecule has 0 saturated heterocycles. The van der Waals surface area contributed by atoms with Gasteiger partial charge in [-0.05, 0) is 5.56 Å². The molecule has 0 amide bonds. The molecule has 0 saturated carbocycles. The van der Waals surface area contributed by atoms with Gasteiger partial charge in [-0.3, -0.25) is 0 Å². The van der Waals surface area contributed by atoms with Gasteiger partial charge in [0.25, 0.3) is 0 Å². The van der Waals surface area contributed by atoms with Gasteiger partial charge in [-0.15, -0.1) is 0 Å². The molecule has 0 heterocycles. The molecule has 0 radical (unpaired) electrons. The van der Waals surface area contributed by atoms with Crippen molar-refractivity contribution in [2.45, 2.75) is 0 Å². The Bertz CT molecular complexity index is 1660. The van der Waals surface area contributed by atoms with Gasteiger partial charge in [0, 0.05) is 0 Å². The van der Waals surface area contributed by atoms with Gasteiger partial charge in [0.05, 0.1) is 0 Å². The van der Waals surface area contributed by atoms with Crippen LogP contribution in [-0.2, 0) is 0 Å². The van der Waals surface area contributed by atoms with Gasteiger partial charge in [-0.25, -0.2) is 0 Å². The second kappa shape index (κ2) is 10.7. The number of azo groups is 2. The molecule has 2 aromatic rings. The second-order valence-corrected chi connectivity index (χ2v) is 10.8. The van der Waals surface area contributed by atoms with Crippen molar-refractivity contribution in [3.05, 3.63) is 133 Å². The quantitative estimate of drug-likeness (QED) is 0.150. The van der Waals surface area contributed by atoms with Gasteiger partial charge in [0.15, 0.2) is 0 Å². The van der Waals surface area contributed by atoms with Crippen LogP contribution in [0.25, 0.3) is 22.3 Å². The molecule has 37 heavy (non-hydrogen) atoms. The fourth-order valence-corrected chi connectivity index (χ4v) is 6.28. The average Bonchev–Trinajstić information content (AvgIpc) is 3.23. The van der Waals surface area contributed by atoms with E-state index in [1.165, 1.54) is 14.5 Å². The third kappa shape index (κ3) is 5.24. The summed E-state index contributed by atoms with van der Waals surface area (Å²) in [5.74, 6) is 0. The summed E-state index contributed by atoms with van der Waals surface area (Å²) >= 11 is 0.184. The minimum absolute atomic E-state index is 0.184. The first-order valence-electron chi connectivity index (χ1n) is 12.0. The Morgan fingerprint density at radius 2 is 1.03 bits per heavy atom. The van der Waals surface area contributed by atoms with Gasteiger partial charge in [-0.1, -0.05) is 36.4 Å². The van der Waals surface area contributed by atoms with Crippen LogP contribution in [0.2, 0.25) is 0 Å². The third-order valence-electron chi connectivity index (χ3n) is 5.96. The standard InChI is InChI=1S/C32H22N4Se/c1-4-11-23-19-20-30(27(23)16-7-1)35-33-24-12-10-13-25(21-24)34-36-31-22-32(37-26-14-5-2-6-15-26)29-18-9-3-8-17-28(29)31/h1-22H. The van der Waals surface area contributed by atoms with Crippen LogP contribution in [-0.4, -0.2) is 15.0 Å². The molecule has 4 aliphatic rings. The van der Waals surface area contributed by atoms with E-state index >= 15 is 0 Å². The number of nitrogens with zero attached hydrogens (tertiary/aromatic N) is 4. The summed E-state index contributed by atoms with van der Waals surface area (Å²) in [7, 11) is 0. The summed E-state index contributed by atoms with van der Waals surface area (Å²) < 4.78 is 2.64.